The molecule has 1 N–H and O–H groups in total. The summed E-state index contributed by atoms with van der Waals surface area (Å²) in [5.41, 5.74) is 0. The van der Waals surface area contributed by atoms with Crippen LogP contribution in [0.5, 0.6) is 0 Å². The van der Waals surface area contributed by atoms with Gasteiger partial charge < -0.3 is 5.32 Å². The van der Waals surface area contributed by atoms with Crippen LogP contribution in [0.2, 0.25) is 0 Å². The lowest BCUT2D eigenvalue weighted by Crippen LogP contribution is -2.33. The fourth-order valence-electron chi connectivity index (χ4n) is 2.16. The van der Waals surface area contributed by atoms with Gasteiger partial charge in [0.1, 0.15) is 12.2 Å². The van der Waals surface area contributed by atoms with Gasteiger partial charge in [-0.25, -0.2) is 4.98 Å². The average molecular weight is 238 g/mol. The van der Waals surface area contributed by atoms with Gasteiger partial charge in [0.25, 0.3) is 0 Å². The largest absolute Gasteiger partial charge is 0.314 e. The van der Waals surface area contributed by atoms with E-state index in [1.165, 1.54) is 6.42 Å². The minimum Gasteiger partial charge on any atom is -0.314 e. The number of nitrogens with zero attached hydrogens (tertiary/aromatic N) is 3. The maximum Gasteiger partial charge on any atom is 0.138 e. The monoisotopic (exact) mass is 238 g/mol. The summed E-state index contributed by atoms with van der Waals surface area (Å²) >= 11 is 0. The van der Waals surface area contributed by atoms with Crippen LogP contribution in [0.25, 0.3) is 0 Å². The van der Waals surface area contributed by atoms with Crippen LogP contribution in [0.1, 0.15) is 46.4 Å². The maximum atomic E-state index is 4.38. The zero-order valence-electron chi connectivity index (χ0n) is 11.6. The van der Waals surface area contributed by atoms with Crippen LogP contribution in [0.15, 0.2) is 6.33 Å². The molecular formula is C13H26N4. The van der Waals surface area contributed by atoms with Crippen molar-refractivity contribution in [2.75, 3.05) is 6.54 Å². The molecule has 4 heteroatoms. The van der Waals surface area contributed by atoms with Gasteiger partial charge in [-0.1, -0.05) is 27.7 Å². The fourth-order valence-corrected chi connectivity index (χ4v) is 2.16. The number of hydrogen-bond donors (Lipinski definition) is 1. The third kappa shape index (κ3) is 4.86. The molecule has 0 fully saturated rings. The van der Waals surface area contributed by atoms with Crippen LogP contribution in [-0.2, 0) is 13.0 Å². The number of likely N-dealkylation sites (N-methyl/N-ethyl adjacent to an activating group) is 1. The van der Waals surface area contributed by atoms with Gasteiger partial charge >= 0.3 is 0 Å². The predicted molar refractivity (Wildman–Crippen MR) is 70.9 cm³/mol. The van der Waals surface area contributed by atoms with Crippen LogP contribution in [0.4, 0.5) is 0 Å². The molecule has 98 valence electrons. The molecule has 0 radical (unpaired) electrons. The van der Waals surface area contributed by atoms with E-state index >= 15 is 0 Å². The second-order valence-corrected chi connectivity index (χ2v) is 4.99. The molecular weight excluding hydrogens is 212 g/mol. The highest BCUT2D eigenvalue weighted by molar-refractivity contribution is 4.90. The first-order chi connectivity index (χ1) is 8.17. The van der Waals surface area contributed by atoms with Crippen molar-refractivity contribution in [1.29, 1.82) is 0 Å². The molecule has 0 amide bonds. The highest BCUT2D eigenvalue weighted by Gasteiger charge is 2.14. The molecule has 0 spiro atoms. The van der Waals surface area contributed by atoms with Gasteiger partial charge in [-0.3, -0.25) is 4.68 Å². The van der Waals surface area contributed by atoms with Crippen molar-refractivity contribution in [1.82, 2.24) is 20.1 Å². The molecule has 0 aliphatic carbocycles. The molecule has 0 saturated carbocycles. The Balaban J connectivity index is 2.60. The molecule has 4 nitrogen and oxygen atoms in total. The Hall–Kier alpha value is -0.900. The molecule has 0 aliphatic heterocycles. The van der Waals surface area contributed by atoms with E-state index in [0.29, 0.717) is 12.0 Å². The zero-order chi connectivity index (χ0) is 12.7. The summed E-state index contributed by atoms with van der Waals surface area (Å²) in [6.45, 7) is 10.8. The summed E-state index contributed by atoms with van der Waals surface area (Å²) in [4.78, 5) is 4.38. The predicted octanol–water partition coefficient (Wildman–Crippen LogP) is 2.25. The second-order valence-electron chi connectivity index (χ2n) is 4.99. The van der Waals surface area contributed by atoms with Gasteiger partial charge in [0.2, 0.25) is 0 Å². The molecule has 1 unspecified atom stereocenters. The molecule has 1 aromatic rings. The van der Waals surface area contributed by atoms with Gasteiger partial charge in [-0.2, -0.15) is 5.10 Å². The van der Waals surface area contributed by atoms with Crippen molar-refractivity contribution in [3.63, 3.8) is 0 Å². The summed E-state index contributed by atoms with van der Waals surface area (Å²) in [7, 11) is 0. The lowest BCUT2D eigenvalue weighted by atomic mass is 10.0. The summed E-state index contributed by atoms with van der Waals surface area (Å²) in [6, 6.07) is 0.514. The van der Waals surface area contributed by atoms with Gasteiger partial charge in [0.05, 0.1) is 0 Å². The van der Waals surface area contributed by atoms with Crippen molar-refractivity contribution in [2.24, 2.45) is 5.92 Å². The van der Waals surface area contributed by atoms with Gasteiger partial charge in [-0.15, -0.1) is 0 Å². The molecule has 17 heavy (non-hydrogen) atoms. The average Bonchev–Trinajstić information content (AvgIpc) is 2.66. The minimum absolute atomic E-state index is 0.514. The first-order valence-corrected chi connectivity index (χ1v) is 6.77. The Morgan fingerprint density at radius 1 is 1.35 bits per heavy atom. The van der Waals surface area contributed by atoms with E-state index in [1.807, 2.05) is 4.68 Å². The van der Waals surface area contributed by atoms with Crippen molar-refractivity contribution >= 4 is 0 Å². The number of nitrogens with one attached hydrogen (secondary N) is 1. The first kappa shape index (κ1) is 14.2. The normalized spacial score (nSPS) is 13.2. The highest BCUT2D eigenvalue weighted by atomic mass is 15.3. The number of hydrogen-bond acceptors (Lipinski definition) is 3. The third-order valence-corrected chi connectivity index (χ3v) is 2.81. The highest BCUT2D eigenvalue weighted by Crippen LogP contribution is 2.09. The SMILES string of the molecule is CCCn1ncnc1CC(CC(C)C)NCC. The Kier molecular flexibility index (Phi) is 6.19. The molecule has 1 atom stereocenters. The molecule has 1 rings (SSSR count). The Labute approximate surface area is 105 Å². The summed E-state index contributed by atoms with van der Waals surface area (Å²) in [5, 5.41) is 7.82. The quantitative estimate of drug-likeness (QED) is 0.755. The first-order valence-electron chi connectivity index (χ1n) is 6.77. The van der Waals surface area contributed by atoms with E-state index in [-0.39, 0.29) is 0 Å². The number of aromatic nitrogens is 3. The van der Waals surface area contributed by atoms with Crippen molar-refractivity contribution in [2.45, 2.75) is 59.5 Å². The molecule has 0 aromatic carbocycles. The van der Waals surface area contributed by atoms with Crippen LogP contribution in [-0.4, -0.2) is 27.4 Å². The molecule has 0 aliphatic rings. The lowest BCUT2D eigenvalue weighted by molar-refractivity contribution is 0.408. The molecule has 0 saturated heterocycles. The van der Waals surface area contributed by atoms with Crippen molar-refractivity contribution < 1.29 is 0 Å². The van der Waals surface area contributed by atoms with Crippen LogP contribution in [0, 0.1) is 5.92 Å². The number of aryl methyl sites for hydroxylation is 1. The van der Waals surface area contributed by atoms with Crippen LogP contribution in [0.3, 0.4) is 0 Å². The smallest absolute Gasteiger partial charge is 0.138 e. The van der Waals surface area contributed by atoms with E-state index in [4.69, 9.17) is 0 Å². The minimum atomic E-state index is 0.514. The lowest BCUT2D eigenvalue weighted by Gasteiger charge is -2.19. The van der Waals surface area contributed by atoms with Crippen LogP contribution >= 0.6 is 0 Å². The Morgan fingerprint density at radius 3 is 2.71 bits per heavy atom. The third-order valence-electron chi connectivity index (χ3n) is 2.81. The zero-order valence-corrected chi connectivity index (χ0v) is 11.6. The van der Waals surface area contributed by atoms with Gasteiger partial charge in [-0.05, 0) is 25.3 Å². The topological polar surface area (TPSA) is 42.7 Å². The fraction of sp³-hybridized carbons (Fsp3) is 0.846. The van der Waals surface area contributed by atoms with E-state index < -0.39 is 0 Å². The molecule has 0 bridgehead atoms. The summed E-state index contributed by atoms with van der Waals surface area (Å²) < 4.78 is 2.03. The standard InChI is InChI=1S/C13H26N4/c1-5-7-17-13(15-10-16-17)9-12(14-6-2)8-11(3)4/h10-12,14H,5-9H2,1-4H3. The Bertz CT molecular complexity index is 306. The number of rotatable bonds is 8. The summed E-state index contributed by atoms with van der Waals surface area (Å²) in [6.07, 6.45) is 4.94. The van der Waals surface area contributed by atoms with E-state index in [9.17, 15) is 0 Å². The van der Waals surface area contributed by atoms with Crippen molar-refractivity contribution in [3.8, 4) is 0 Å². The van der Waals surface area contributed by atoms with Gasteiger partial charge in [0, 0.05) is 19.0 Å². The second kappa shape index (κ2) is 7.43. The van der Waals surface area contributed by atoms with Crippen LogP contribution < -0.4 is 5.32 Å². The van der Waals surface area contributed by atoms with E-state index in [2.05, 4.69) is 43.1 Å². The van der Waals surface area contributed by atoms with E-state index in [0.717, 1.165) is 31.8 Å². The molecule has 1 aromatic heterocycles. The van der Waals surface area contributed by atoms with Crippen molar-refractivity contribution in [3.05, 3.63) is 12.2 Å². The van der Waals surface area contributed by atoms with Gasteiger partial charge in [0.15, 0.2) is 0 Å². The van der Waals surface area contributed by atoms with E-state index in [1.54, 1.807) is 6.33 Å². The molecule has 1 heterocycles. The summed E-state index contributed by atoms with van der Waals surface area (Å²) in [5.74, 6) is 1.82. The Morgan fingerprint density at radius 2 is 2.12 bits per heavy atom. The maximum absolute atomic E-state index is 4.38.